The van der Waals surface area contributed by atoms with Crippen molar-refractivity contribution in [2.45, 2.75) is 9.79 Å². The number of nitrogens with zero attached hydrogens (tertiary/aromatic N) is 3. The summed E-state index contributed by atoms with van der Waals surface area (Å²) in [6.45, 7) is 0. The summed E-state index contributed by atoms with van der Waals surface area (Å²) in [5.41, 5.74) is 1.91. The van der Waals surface area contributed by atoms with E-state index in [1.54, 1.807) is 29.1 Å². The first-order chi connectivity index (χ1) is 12.9. The van der Waals surface area contributed by atoms with Gasteiger partial charge in [0.2, 0.25) is 0 Å². The largest absolute Gasteiger partial charge is 0.478 e. The maximum Gasteiger partial charge on any atom is 0.335 e. The lowest BCUT2D eigenvalue weighted by Crippen LogP contribution is -1.95. The van der Waals surface area contributed by atoms with Crippen LogP contribution in [0.1, 0.15) is 10.4 Å². The lowest BCUT2D eigenvalue weighted by molar-refractivity contribution is 0.0696. The molecule has 136 valence electrons. The average molecular weight is 418 g/mol. The zero-order chi connectivity index (χ0) is 19.1. The summed E-state index contributed by atoms with van der Waals surface area (Å²) in [6.07, 6.45) is 3.59. The first-order valence-corrected chi connectivity index (χ1v) is 9.51. The third kappa shape index (κ3) is 3.32. The highest BCUT2D eigenvalue weighted by Crippen LogP contribution is 2.43. The Labute approximate surface area is 169 Å². The molecule has 4 rings (SSSR count). The molecule has 0 bridgehead atoms. The van der Waals surface area contributed by atoms with Gasteiger partial charge in [-0.3, -0.25) is 9.25 Å². The van der Waals surface area contributed by atoms with Crippen molar-refractivity contribution in [2.24, 2.45) is 7.05 Å². The van der Waals surface area contributed by atoms with Crippen LogP contribution in [0.2, 0.25) is 10.2 Å². The molecule has 0 aliphatic rings. The van der Waals surface area contributed by atoms with Gasteiger partial charge >= 0.3 is 5.97 Å². The van der Waals surface area contributed by atoms with Gasteiger partial charge in [-0.15, -0.1) is 0 Å². The normalized spacial score (nSPS) is 11.2. The summed E-state index contributed by atoms with van der Waals surface area (Å²) in [5.74, 6) is -0.965. The standard InChI is InChI=1S/C19H13Cl2N3O2S/c1-23-10-13(9-22-23)24-16-8-12(20)5-6-15(16)17(18(24)21)27-14-4-2-3-11(7-14)19(25)26/h2-10H,1H3,(H,25,26). The maximum absolute atomic E-state index is 11.3. The minimum atomic E-state index is -0.965. The fourth-order valence-electron chi connectivity index (χ4n) is 2.88. The smallest absolute Gasteiger partial charge is 0.335 e. The average Bonchev–Trinajstić information content (AvgIpc) is 3.16. The molecule has 0 amide bonds. The van der Waals surface area contributed by atoms with Gasteiger partial charge in [0.25, 0.3) is 0 Å². The second kappa shape index (κ2) is 6.96. The molecule has 1 N–H and O–H groups in total. The number of aryl methyl sites for hydroxylation is 1. The number of fused-ring (bicyclic) bond motifs is 1. The molecule has 0 atom stereocenters. The van der Waals surface area contributed by atoms with Gasteiger partial charge in [0.05, 0.1) is 27.9 Å². The van der Waals surface area contributed by atoms with Gasteiger partial charge in [0.1, 0.15) is 5.15 Å². The zero-order valence-corrected chi connectivity index (χ0v) is 16.4. The van der Waals surface area contributed by atoms with Crippen molar-refractivity contribution >= 4 is 51.8 Å². The van der Waals surface area contributed by atoms with E-state index in [-0.39, 0.29) is 5.56 Å². The third-order valence-corrected chi connectivity index (χ3v) is 5.89. The number of halogens is 2. The Morgan fingerprint density at radius 1 is 1.19 bits per heavy atom. The van der Waals surface area contributed by atoms with Gasteiger partial charge in [0.15, 0.2) is 0 Å². The number of carbonyl (C=O) groups is 1. The van der Waals surface area contributed by atoms with E-state index in [9.17, 15) is 9.90 Å². The predicted octanol–water partition coefficient (Wildman–Crippen LogP) is 5.52. The van der Waals surface area contributed by atoms with E-state index in [4.69, 9.17) is 23.2 Å². The van der Waals surface area contributed by atoms with Crippen LogP contribution in [0.25, 0.3) is 16.6 Å². The van der Waals surface area contributed by atoms with E-state index >= 15 is 0 Å². The summed E-state index contributed by atoms with van der Waals surface area (Å²) in [6, 6.07) is 12.4. The van der Waals surface area contributed by atoms with Crippen LogP contribution < -0.4 is 0 Å². The fourth-order valence-corrected chi connectivity index (χ4v) is 4.48. The summed E-state index contributed by atoms with van der Waals surface area (Å²) < 4.78 is 3.59. The summed E-state index contributed by atoms with van der Waals surface area (Å²) in [5, 5.41) is 15.5. The van der Waals surface area contributed by atoms with Gasteiger partial charge < -0.3 is 5.11 Å². The Balaban J connectivity index is 1.90. The molecule has 0 aliphatic carbocycles. The molecule has 0 aliphatic heterocycles. The van der Waals surface area contributed by atoms with Crippen molar-refractivity contribution in [1.29, 1.82) is 0 Å². The number of rotatable bonds is 4. The third-order valence-electron chi connectivity index (χ3n) is 4.08. The molecule has 8 heteroatoms. The van der Waals surface area contributed by atoms with Crippen molar-refractivity contribution in [2.75, 3.05) is 0 Å². The Kier molecular flexibility index (Phi) is 4.63. The van der Waals surface area contributed by atoms with E-state index in [0.29, 0.717) is 10.2 Å². The lowest BCUT2D eigenvalue weighted by atomic mass is 10.2. The molecule has 0 spiro atoms. The van der Waals surface area contributed by atoms with Crippen LogP contribution in [0, 0.1) is 0 Å². The minimum absolute atomic E-state index is 0.232. The van der Waals surface area contributed by atoms with E-state index in [0.717, 1.165) is 26.4 Å². The first-order valence-electron chi connectivity index (χ1n) is 7.94. The van der Waals surface area contributed by atoms with Crippen molar-refractivity contribution in [3.8, 4) is 5.69 Å². The second-order valence-electron chi connectivity index (χ2n) is 5.92. The van der Waals surface area contributed by atoms with Crippen LogP contribution in [-0.4, -0.2) is 25.4 Å². The van der Waals surface area contributed by atoms with Gasteiger partial charge in [-0.25, -0.2) is 4.79 Å². The molecule has 5 nitrogen and oxygen atoms in total. The van der Waals surface area contributed by atoms with Crippen molar-refractivity contribution in [1.82, 2.24) is 14.3 Å². The number of benzene rings is 2. The predicted molar refractivity (Wildman–Crippen MR) is 108 cm³/mol. The van der Waals surface area contributed by atoms with Crippen molar-refractivity contribution < 1.29 is 9.90 Å². The molecule has 2 heterocycles. The summed E-state index contributed by atoms with van der Waals surface area (Å²) >= 11 is 14.4. The second-order valence-corrected chi connectivity index (χ2v) is 7.80. The number of hydrogen-bond donors (Lipinski definition) is 1. The van der Waals surface area contributed by atoms with Crippen LogP contribution in [-0.2, 0) is 7.05 Å². The molecule has 0 radical (unpaired) electrons. The lowest BCUT2D eigenvalue weighted by Gasteiger charge is -2.04. The number of hydrogen-bond acceptors (Lipinski definition) is 3. The number of carboxylic acid groups (broad SMARTS) is 1. The highest BCUT2D eigenvalue weighted by molar-refractivity contribution is 7.99. The van der Waals surface area contributed by atoms with Crippen LogP contribution >= 0.6 is 35.0 Å². The van der Waals surface area contributed by atoms with E-state index < -0.39 is 5.97 Å². The maximum atomic E-state index is 11.3. The van der Waals surface area contributed by atoms with Crippen LogP contribution in [0.3, 0.4) is 0 Å². The first kappa shape index (κ1) is 18.0. The monoisotopic (exact) mass is 417 g/mol. The number of aromatic carboxylic acids is 1. The molecule has 0 saturated carbocycles. The van der Waals surface area contributed by atoms with Crippen LogP contribution in [0.4, 0.5) is 0 Å². The van der Waals surface area contributed by atoms with Gasteiger partial charge in [0, 0.05) is 28.5 Å². The zero-order valence-electron chi connectivity index (χ0n) is 14.1. The van der Waals surface area contributed by atoms with Crippen LogP contribution in [0.15, 0.2) is 64.6 Å². The molecule has 0 saturated heterocycles. The van der Waals surface area contributed by atoms with Crippen molar-refractivity contribution in [3.63, 3.8) is 0 Å². The van der Waals surface area contributed by atoms with Crippen LogP contribution in [0.5, 0.6) is 0 Å². The highest BCUT2D eigenvalue weighted by atomic mass is 35.5. The SMILES string of the molecule is Cn1cc(-n2c(Cl)c(Sc3cccc(C(=O)O)c3)c3ccc(Cl)cc32)cn1. The van der Waals surface area contributed by atoms with E-state index in [2.05, 4.69) is 5.10 Å². The molecule has 0 unspecified atom stereocenters. The van der Waals surface area contributed by atoms with Crippen molar-refractivity contribution in [3.05, 3.63) is 70.6 Å². The Bertz CT molecular complexity index is 1180. The Morgan fingerprint density at radius 3 is 2.70 bits per heavy atom. The van der Waals surface area contributed by atoms with Gasteiger partial charge in [-0.2, -0.15) is 5.10 Å². The Morgan fingerprint density at radius 2 is 2.00 bits per heavy atom. The quantitative estimate of drug-likeness (QED) is 0.474. The Hall–Kier alpha value is -2.41. The highest BCUT2D eigenvalue weighted by Gasteiger charge is 2.19. The molecule has 2 aromatic carbocycles. The fraction of sp³-hybridized carbons (Fsp3) is 0.0526. The molecular formula is C19H13Cl2N3O2S. The topological polar surface area (TPSA) is 60.0 Å². The summed E-state index contributed by atoms with van der Waals surface area (Å²) in [4.78, 5) is 12.9. The number of carboxylic acids is 1. The minimum Gasteiger partial charge on any atom is -0.478 e. The van der Waals surface area contributed by atoms with Gasteiger partial charge in [-0.1, -0.05) is 47.1 Å². The molecule has 0 fully saturated rings. The molecule has 2 aromatic heterocycles. The van der Waals surface area contributed by atoms with Gasteiger partial charge in [-0.05, 0) is 30.3 Å². The molecule has 27 heavy (non-hydrogen) atoms. The molecular weight excluding hydrogens is 405 g/mol. The number of aromatic nitrogens is 3. The van der Waals surface area contributed by atoms with E-state index in [1.807, 2.05) is 42.1 Å². The summed E-state index contributed by atoms with van der Waals surface area (Å²) in [7, 11) is 1.84. The van der Waals surface area contributed by atoms with E-state index in [1.165, 1.54) is 11.8 Å². The molecule has 4 aromatic rings.